The minimum Gasteiger partial charge on any atom is -0.404 e. The maximum absolute atomic E-state index is 5.15. The lowest BCUT2D eigenvalue weighted by atomic mass is 10.6. The van der Waals surface area contributed by atoms with Crippen molar-refractivity contribution in [3.05, 3.63) is 9.78 Å². The molecule has 3 heteroatoms. The molecule has 2 N–H and O–H groups in total. The Bertz CT molecular complexity index is 107. The molecule has 0 amide bonds. The molecule has 0 aliphatic carbocycles. The summed E-state index contributed by atoms with van der Waals surface area (Å²) in [6, 6.07) is 0. The molecule has 0 aliphatic rings. The molecular weight excluding hydrogens is 215 g/mol. The van der Waals surface area contributed by atoms with Gasteiger partial charge >= 0.3 is 0 Å². The minimum atomic E-state index is 0.820. The molecule has 0 bridgehead atoms. The first-order chi connectivity index (χ1) is 3.81. The molecular formula is C5H9IN2. The normalized spacial score (nSPS) is 13.0. The van der Waals surface area contributed by atoms with Gasteiger partial charge in [0, 0.05) is 22.5 Å². The Morgan fingerprint density at radius 2 is 2.50 bits per heavy atom. The quantitative estimate of drug-likeness (QED) is 0.557. The van der Waals surface area contributed by atoms with E-state index in [9.17, 15) is 0 Å². The van der Waals surface area contributed by atoms with Gasteiger partial charge in [0.15, 0.2) is 0 Å². The molecule has 0 atom stereocenters. The van der Waals surface area contributed by atoms with Crippen LogP contribution in [0.15, 0.2) is 14.8 Å². The lowest BCUT2D eigenvalue weighted by Gasteiger charge is -1.81. The van der Waals surface area contributed by atoms with Crippen LogP contribution in [0.4, 0.5) is 0 Å². The van der Waals surface area contributed by atoms with Crippen molar-refractivity contribution in [2.24, 2.45) is 10.7 Å². The second kappa shape index (κ2) is 5.08. The highest BCUT2D eigenvalue weighted by Crippen LogP contribution is 1.97. The third-order valence-corrected chi connectivity index (χ3v) is 1.19. The van der Waals surface area contributed by atoms with Gasteiger partial charge in [-0.2, -0.15) is 0 Å². The predicted octanol–water partition coefficient (Wildman–Crippen LogP) is 1.31. The highest BCUT2D eigenvalue weighted by molar-refractivity contribution is 14.1. The summed E-state index contributed by atoms with van der Waals surface area (Å²) in [5, 5.41) is 0. The molecule has 2 nitrogen and oxygen atoms in total. The molecule has 0 heterocycles. The van der Waals surface area contributed by atoms with Gasteiger partial charge < -0.3 is 5.73 Å². The van der Waals surface area contributed by atoms with Crippen molar-refractivity contribution >= 4 is 28.8 Å². The van der Waals surface area contributed by atoms with E-state index in [0.29, 0.717) is 0 Å². The van der Waals surface area contributed by atoms with Crippen LogP contribution in [-0.4, -0.2) is 12.8 Å². The first kappa shape index (κ1) is 7.94. The van der Waals surface area contributed by atoms with Crippen LogP contribution in [0.1, 0.15) is 6.92 Å². The Kier molecular flexibility index (Phi) is 5.05. The zero-order valence-electron chi connectivity index (χ0n) is 4.76. The molecule has 8 heavy (non-hydrogen) atoms. The van der Waals surface area contributed by atoms with Gasteiger partial charge in [-0.25, -0.2) is 0 Å². The molecule has 46 valence electrons. The van der Waals surface area contributed by atoms with Gasteiger partial charge in [-0.3, -0.25) is 4.99 Å². The zero-order valence-corrected chi connectivity index (χ0v) is 6.92. The van der Waals surface area contributed by atoms with Crippen molar-refractivity contribution < 1.29 is 0 Å². The highest BCUT2D eigenvalue weighted by atomic mass is 127. The zero-order chi connectivity index (χ0) is 6.41. The van der Waals surface area contributed by atoms with Crippen molar-refractivity contribution in [3.8, 4) is 0 Å². The number of aliphatic imine (C=N–C) groups is 1. The third kappa shape index (κ3) is 4.11. The van der Waals surface area contributed by atoms with Crippen molar-refractivity contribution in [3.63, 3.8) is 0 Å². The predicted molar refractivity (Wildman–Crippen MR) is 45.3 cm³/mol. The molecule has 0 fully saturated rings. The molecule has 0 aromatic heterocycles. The SMILES string of the molecule is CCN=CC(I)=CN. The van der Waals surface area contributed by atoms with Crippen molar-refractivity contribution in [2.75, 3.05) is 6.54 Å². The third-order valence-electron chi connectivity index (χ3n) is 0.556. The molecule has 0 spiro atoms. The van der Waals surface area contributed by atoms with Crippen molar-refractivity contribution in [1.82, 2.24) is 0 Å². The second-order valence-corrected chi connectivity index (χ2v) is 2.43. The summed E-state index contributed by atoms with van der Waals surface area (Å²) >= 11 is 2.12. The van der Waals surface area contributed by atoms with Crippen molar-refractivity contribution in [1.29, 1.82) is 0 Å². The molecule has 0 aliphatic heterocycles. The summed E-state index contributed by atoms with van der Waals surface area (Å²) in [6.45, 7) is 2.80. The van der Waals surface area contributed by atoms with Crippen LogP contribution in [0.3, 0.4) is 0 Å². The van der Waals surface area contributed by atoms with Gasteiger partial charge in [0.05, 0.1) is 0 Å². The average molecular weight is 224 g/mol. The Hall–Kier alpha value is -0.0600. The lowest BCUT2D eigenvalue weighted by Crippen LogP contribution is -1.82. The highest BCUT2D eigenvalue weighted by Gasteiger charge is 1.76. The Morgan fingerprint density at radius 1 is 1.88 bits per heavy atom. The smallest absolute Gasteiger partial charge is 0.0463 e. The summed E-state index contributed by atoms with van der Waals surface area (Å²) in [6.07, 6.45) is 3.28. The minimum absolute atomic E-state index is 0.820. The fraction of sp³-hybridized carbons (Fsp3) is 0.400. The van der Waals surface area contributed by atoms with Crippen LogP contribution >= 0.6 is 22.6 Å². The van der Waals surface area contributed by atoms with Crippen LogP contribution in [0, 0.1) is 0 Å². The topological polar surface area (TPSA) is 38.4 Å². The largest absolute Gasteiger partial charge is 0.404 e. The number of nitrogens with two attached hydrogens (primary N) is 1. The van der Waals surface area contributed by atoms with Crippen molar-refractivity contribution in [2.45, 2.75) is 6.92 Å². The van der Waals surface area contributed by atoms with Crippen LogP contribution < -0.4 is 5.73 Å². The number of hydrogen-bond donors (Lipinski definition) is 1. The Morgan fingerprint density at radius 3 is 2.88 bits per heavy atom. The summed E-state index contributed by atoms with van der Waals surface area (Å²) in [7, 11) is 0. The first-order valence-corrected chi connectivity index (χ1v) is 3.46. The van der Waals surface area contributed by atoms with Gasteiger partial charge in [-0.1, -0.05) is 0 Å². The first-order valence-electron chi connectivity index (χ1n) is 2.38. The van der Waals surface area contributed by atoms with Gasteiger partial charge in [-0.05, 0) is 29.5 Å². The van der Waals surface area contributed by atoms with E-state index in [4.69, 9.17) is 5.73 Å². The molecule has 0 rings (SSSR count). The summed E-state index contributed by atoms with van der Waals surface area (Å²) in [5.41, 5.74) is 5.15. The van der Waals surface area contributed by atoms with E-state index in [-0.39, 0.29) is 0 Å². The number of rotatable bonds is 2. The van der Waals surface area contributed by atoms with Gasteiger partial charge in [-0.15, -0.1) is 0 Å². The van der Waals surface area contributed by atoms with Gasteiger partial charge in [0.2, 0.25) is 0 Å². The monoisotopic (exact) mass is 224 g/mol. The number of halogens is 1. The Labute approximate surface area is 63.0 Å². The van der Waals surface area contributed by atoms with Crippen LogP contribution in [0.2, 0.25) is 0 Å². The van der Waals surface area contributed by atoms with Gasteiger partial charge in [0.1, 0.15) is 0 Å². The molecule has 0 unspecified atom stereocenters. The Balaban J connectivity index is 3.53. The number of hydrogen-bond acceptors (Lipinski definition) is 2. The van der Waals surface area contributed by atoms with E-state index in [1.165, 1.54) is 6.20 Å². The lowest BCUT2D eigenvalue weighted by molar-refractivity contribution is 1.14. The van der Waals surface area contributed by atoms with E-state index >= 15 is 0 Å². The maximum Gasteiger partial charge on any atom is 0.0463 e. The molecule has 0 saturated heterocycles. The fourth-order valence-corrected chi connectivity index (χ4v) is 0.418. The average Bonchev–Trinajstić information content (AvgIpc) is 1.83. The van der Waals surface area contributed by atoms with E-state index in [1.54, 1.807) is 6.21 Å². The van der Waals surface area contributed by atoms with Gasteiger partial charge in [0.25, 0.3) is 0 Å². The molecule has 0 aromatic carbocycles. The summed E-state index contributed by atoms with van der Waals surface area (Å²) < 4.78 is 0.976. The number of nitrogens with zero attached hydrogens (tertiary/aromatic N) is 1. The molecule has 0 radical (unpaired) electrons. The summed E-state index contributed by atoms with van der Waals surface area (Å²) in [4.78, 5) is 3.96. The number of allylic oxidation sites excluding steroid dienone is 1. The van der Waals surface area contributed by atoms with E-state index < -0.39 is 0 Å². The van der Waals surface area contributed by atoms with Crippen LogP contribution in [0.25, 0.3) is 0 Å². The van der Waals surface area contributed by atoms with Crippen LogP contribution in [0.5, 0.6) is 0 Å². The molecule has 0 aromatic rings. The summed E-state index contributed by atoms with van der Waals surface area (Å²) in [5.74, 6) is 0. The second-order valence-electron chi connectivity index (χ2n) is 1.18. The van der Waals surface area contributed by atoms with E-state index in [2.05, 4.69) is 27.6 Å². The standard InChI is InChI=1S/C5H9IN2/c1-2-8-4-5(6)3-7/h3-4H,2,7H2,1H3. The molecule has 0 saturated carbocycles. The van der Waals surface area contributed by atoms with E-state index in [1.807, 2.05) is 6.92 Å². The van der Waals surface area contributed by atoms with E-state index in [0.717, 1.165) is 10.1 Å². The fourth-order valence-electron chi connectivity index (χ4n) is 0.222. The van der Waals surface area contributed by atoms with Crippen LogP contribution in [-0.2, 0) is 0 Å². The maximum atomic E-state index is 5.15.